The van der Waals surface area contributed by atoms with Gasteiger partial charge in [0.15, 0.2) is 0 Å². The molecule has 0 radical (unpaired) electrons. The third kappa shape index (κ3) is 3.96. The number of nitrogens with two attached hydrogens (primary N) is 1. The lowest BCUT2D eigenvalue weighted by Crippen LogP contribution is -2.25. The van der Waals surface area contributed by atoms with Crippen molar-refractivity contribution in [3.05, 3.63) is 23.8 Å². The van der Waals surface area contributed by atoms with E-state index in [4.69, 9.17) is 10.8 Å². The van der Waals surface area contributed by atoms with Gasteiger partial charge in [-0.25, -0.2) is 4.79 Å². The normalized spacial score (nSPS) is 10.5. The fraction of sp³-hybridized carbons (Fsp3) is 0.417. The van der Waals surface area contributed by atoms with Crippen LogP contribution in [-0.4, -0.2) is 42.7 Å². The van der Waals surface area contributed by atoms with Crippen LogP contribution in [-0.2, 0) is 0 Å². The zero-order valence-corrected chi connectivity index (χ0v) is 10.2. The summed E-state index contributed by atoms with van der Waals surface area (Å²) in [7, 11) is 2.02. The quantitative estimate of drug-likeness (QED) is 0.650. The molecular formula is C12H19N3O2. The van der Waals surface area contributed by atoms with Crippen molar-refractivity contribution in [2.45, 2.75) is 6.92 Å². The van der Waals surface area contributed by atoms with E-state index in [-0.39, 0.29) is 5.56 Å². The van der Waals surface area contributed by atoms with E-state index in [0.29, 0.717) is 17.9 Å². The molecule has 0 aliphatic heterocycles. The number of nitrogens with zero attached hydrogens (tertiary/aromatic N) is 1. The first-order chi connectivity index (χ1) is 8.04. The second-order valence-corrected chi connectivity index (χ2v) is 3.93. The average molecular weight is 237 g/mol. The summed E-state index contributed by atoms with van der Waals surface area (Å²) in [6.45, 7) is 4.61. The molecular weight excluding hydrogens is 218 g/mol. The maximum absolute atomic E-state index is 11.0. The summed E-state index contributed by atoms with van der Waals surface area (Å²) in [5.74, 6) is -0.969. The van der Waals surface area contributed by atoms with E-state index in [2.05, 4.69) is 17.1 Å². The fourth-order valence-electron chi connectivity index (χ4n) is 1.43. The minimum absolute atomic E-state index is 0.212. The van der Waals surface area contributed by atoms with Gasteiger partial charge < -0.3 is 21.1 Å². The number of nitrogen functional groups attached to an aromatic ring is 1. The van der Waals surface area contributed by atoms with Crippen LogP contribution in [0.25, 0.3) is 0 Å². The van der Waals surface area contributed by atoms with Gasteiger partial charge in [0.25, 0.3) is 0 Å². The molecule has 5 heteroatoms. The van der Waals surface area contributed by atoms with Crippen molar-refractivity contribution < 1.29 is 9.90 Å². The van der Waals surface area contributed by atoms with Crippen LogP contribution in [0.4, 0.5) is 11.4 Å². The largest absolute Gasteiger partial charge is 0.478 e. The van der Waals surface area contributed by atoms with Gasteiger partial charge in [-0.1, -0.05) is 6.92 Å². The van der Waals surface area contributed by atoms with E-state index < -0.39 is 5.97 Å². The van der Waals surface area contributed by atoms with Gasteiger partial charge in [-0.15, -0.1) is 0 Å². The topological polar surface area (TPSA) is 78.6 Å². The first-order valence-corrected chi connectivity index (χ1v) is 5.59. The molecule has 0 heterocycles. The standard InChI is InChI=1S/C12H19N3O2/c1-3-15(2)7-6-14-11-5-4-9(13)8-10(11)12(16)17/h4-5,8,14H,3,6-7,13H2,1-2H3,(H,16,17). The molecule has 0 aliphatic rings. The number of carbonyl (C=O) groups is 1. The van der Waals surface area contributed by atoms with Crippen molar-refractivity contribution in [1.82, 2.24) is 4.90 Å². The van der Waals surface area contributed by atoms with Crippen LogP contribution in [0.1, 0.15) is 17.3 Å². The molecule has 0 spiro atoms. The molecule has 0 saturated heterocycles. The molecule has 0 fully saturated rings. The maximum Gasteiger partial charge on any atom is 0.337 e. The van der Waals surface area contributed by atoms with E-state index in [1.54, 1.807) is 12.1 Å². The number of hydrogen-bond acceptors (Lipinski definition) is 4. The van der Waals surface area contributed by atoms with Gasteiger partial charge in [0, 0.05) is 24.5 Å². The van der Waals surface area contributed by atoms with E-state index in [0.717, 1.165) is 13.1 Å². The number of carboxylic acids is 1. The van der Waals surface area contributed by atoms with Crippen LogP contribution in [0.2, 0.25) is 0 Å². The molecule has 0 amide bonds. The van der Waals surface area contributed by atoms with Gasteiger partial charge in [-0.3, -0.25) is 0 Å². The Hall–Kier alpha value is -1.75. The molecule has 94 valence electrons. The highest BCUT2D eigenvalue weighted by molar-refractivity contribution is 5.95. The first kappa shape index (κ1) is 13.3. The summed E-state index contributed by atoms with van der Waals surface area (Å²) in [5.41, 5.74) is 6.84. The highest BCUT2D eigenvalue weighted by atomic mass is 16.4. The summed E-state index contributed by atoms with van der Waals surface area (Å²) in [4.78, 5) is 13.2. The molecule has 0 aliphatic carbocycles. The third-order valence-electron chi connectivity index (χ3n) is 2.62. The lowest BCUT2D eigenvalue weighted by Gasteiger charge is -2.15. The number of likely N-dealkylation sites (N-methyl/N-ethyl adjacent to an activating group) is 1. The zero-order chi connectivity index (χ0) is 12.8. The number of nitrogens with one attached hydrogen (secondary N) is 1. The maximum atomic E-state index is 11.0. The van der Waals surface area contributed by atoms with Gasteiger partial charge >= 0.3 is 5.97 Å². The van der Waals surface area contributed by atoms with Gasteiger partial charge in [-0.2, -0.15) is 0 Å². The van der Waals surface area contributed by atoms with Crippen LogP contribution >= 0.6 is 0 Å². The minimum atomic E-state index is -0.969. The molecule has 0 unspecified atom stereocenters. The average Bonchev–Trinajstić information content (AvgIpc) is 2.30. The van der Waals surface area contributed by atoms with Crippen molar-refractivity contribution in [1.29, 1.82) is 0 Å². The van der Waals surface area contributed by atoms with Crippen molar-refractivity contribution in [2.75, 3.05) is 37.7 Å². The number of benzene rings is 1. The van der Waals surface area contributed by atoms with Crippen LogP contribution in [0.15, 0.2) is 18.2 Å². The number of aromatic carboxylic acids is 1. The van der Waals surface area contributed by atoms with Crippen molar-refractivity contribution >= 4 is 17.3 Å². The number of rotatable bonds is 6. The smallest absolute Gasteiger partial charge is 0.337 e. The summed E-state index contributed by atoms with van der Waals surface area (Å²) in [6, 6.07) is 4.86. The molecule has 0 saturated carbocycles. The van der Waals surface area contributed by atoms with Crippen LogP contribution in [0.3, 0.4) is 0 Å². The van der Waals surface area contributed by atoms with Crippen LogP contribution < -0.4 is 11.1 Å². The van der Waals surface area contributed by atoms with Crippen molar-refractivity contribution in [3.63, 3.8) is 0 Å². The molecule has 1 aromatic rings. The number of anilines is 2. The number of carboxylic acid groups (broad SMARTS) is 1. The molecule has 4 N–H and O–H groups in total. The Morgan fingerprint density at radius 3 is 2.82 bits per heavy atom. The van der Waals surface area contributed by atoms with Gasteiger partial charge in [-0.05, 0) is 31.8 Å². The lowest BCUT2D eigenvalue weighted by atomic mass is 10.1. The SMILES string of the molecule is CCN(C)CCNc1ccc(N)cc1C(=O)O. The lowest BCUT2D eigenvalue weighted by molar-refractivity contribution is 0.0698. The molecule has 17 heavy (non-hydrogen) atoms. The highest BCUT2D eigenvalue weighted by Crippen LogP contribution is 2.18. The summed E-state index contributed by atoms with van der Waals surface area (Å²) < 4.78 is 0. The second-order valence-electron chi connectivity index (χ2n) is 3.93. The van der Waals surface area contributed by atoms with E-state index in [1.807, 2.05) is 7.05 Å². The summed E-state index contributed by atoms with van der Waals surface area (Å²) in [5, 5.41) is 12.1. The van der Waals surface area contributed by atoms with Crippen LogP contribution in [0.5, 0.6) is 0 Å². The molecule has 0 aromatic heterocycles. The zero-order valence-electron chi connectivity index (χ0n) is 10.2. The van der Waals surface area contributed by atoms with Gasteiger partial charge in [0.2, 0.25) is 0 Å². The van der Waals surface area contributed by atoms with E-state index in [1.165, 1.54) is 6.07 Å². The Labute approximate surface area is 101 Å². The third-order valence-corrected chi connectivity index (χ3v) is 2.62. The summed E-state index contributed by atoms with van der Waals surface area (Å²) >= 11 is 0. The number of hydrogen-bond donors (Lipinski definition) is 3. The first-order valence-electron chi connectivity index (χ1n) is 5.59. The van der Waals surface area contributed by atoms with Crippen molar-refractivity contribution in [3.8, 4) is 0 Å². The Bertz CT molecular complexity index is 393. The predicted molar refractivity (Wildman–Crippen MR) is 69.5 cm³/mol. The Balaban J connectivity index is 2.67. The molecule has 0 bridgehead atoms. The minimum Gasteiger partial charge on any atom is -0.478 e. The molecule has 1 rings (SSSR count). The fourth-order valence-corrected chi connectivity index (χ4v) is 1.43. The van der Waals surface area contributed by atoms with E-state index in [9.17, 15) is 4.79 Å². The molecule has 5 nitrogen and oxygen atoms in total. The Morgan fingerprint density at radius 1 is 1.53 bits per heavy atom. The molecule has 0 atom stereocenters. The van der Waals surface area contributed by atoms with Gasteiger partial charge in [0.05, 0.1) is 5.56 Å². The molecule has 1 aromatic carbocycles. The Morgan fingerprint density at radius 2 is 2.24 bits per heavy atom. The van der Waals surface area contributed by atoms with Crippen LogP contribution in [0, 0.1) is 0 Å². The highest BCUT2D eigenvalue weighted by Gasteiger charge is 2.09. The second kappa shape index (κ2) is 6.10. The predicted octanol–water partition coefficient (Wildman–Crippen LogP) is 1.33. The van der Waals surface area contributed by atoms with Crippen molar-refractivity contribution in [2.24, 2.45) is 0 Å². The van der Waals surface area contributed by atoms with E-state index >= 15 is 0 Å². The summed E-state index contributed by atoms with van der Waals surface area (Å²) in [6.07, 6.45) is 0. The monoisotopic (exact) mass is 237 g/mol. The Kier molecular flexibility index (Phi) is 4.78. The van der Waals surface area contributed by atoms with Gasteiger partial charge in [0.1, 0.15) is 0 Å².